The second-order valence-corrected chi connectivity index (χ2v) is 5.81. The summed E-state index contributed by atoms with van der Waals surface area (Å²) >= 11 is 0. The Bertz CT molecular complexity index is 442. The summed E-state index contributed by atoms with van der Waals surface area (Å²) in [7, 11) is 0. The number of carbonyl (C=O) groups excluding carboxylic acids is 1. The van der Waals surface area contributed by atoms with Gasteiger partial charge >= 0.3 is 0 Å². The van der Waals surface area contributed by atoms with E-state index in [1.807, 2.05) is 38.1 Å². The van der Waals surface area contributed by atoms with Crippen molar-refractivity contribution in [2.45, 2.75) is 45.2 Å². The number of benzene rings is 1. The maximum atomic E-state index is 12.1. The van der Waals surface area contributed by atoms with E-state index in [9.17, 15) is 4.79 Å². The first-order valence-electron chi connectivity index (χ1n) is 7.42. The summed E-state index contributed by atoms with van der Waals surface area (Å²) in [6.07, 6.45) is 3.46. The van der Waals surface area contributed by atoms with E-state index in [0.29, 0.717) is 12.6 Å². The van der Waals surface area contributed by atoms with Crippen LogP contribution in [0.2, 0.25) is 0 Å². The first-order valence-corrected chi connectivity index (χ1v) is 7.42. The Balaban J connectivity index is 1.91. The molecule has 2 unspecified atom stereocenters. The molecule has 3 N–H and O–H groups in total. The molecule has 0 aliphatic carbocycles. The van der Waals surface area contributed by atoms with Crippen LogP contribution < -0.4 is 11.1 Å². The molecule has 2 atom stereocenters. The van der Waals surface area contributed by atoms with Gasteiger partial charge in [-0.05, 0) is 45.4 Å². The molecule has 0 saturated carbocycles. The van der Waals surface area contributed by atoms with Crippen molar-refractivity contribution < 1.29 is 4.79 Å². The molecule has 1 aromatic carbocycles. The van der Waals surface area contributed by atoms with E-state index in [4.69, 9.17) is 5.73 Å². The van der Waals surface area contributed by atoms with E-state index in [-0.39, 0.29) is 11.9 Å². The van der Waals surface area contributed by atoms with Crippen molar-refractivity contribution in [3.05, 3.63) is 29.8 Å². The van der Waals surface area contributed by atoms with Gasteiger partial charge in [0.2, 0.25) is 5.91 Å². The van der Waals surface area contributed by atoms with Crippen LogP contribution in [0.1, 0.15) is 31.7 Å². The van der Waals surface area contributed by atoms with Gasteiger partial charge in [-0.25, -0.2) is 0 Å². The highest BCUT2D eigenvalue weighted by atomic mass is 16.2. The quantitative estimate of drug-likeness (QED) is 0.885. The van der Waals surface area contributed by atoms with Gasteiger partial charge in [-0.2, -0.15) is 0 Å². The van der Waals surface area contributed by atoms with Crippen LogP contribution in [-0.2, 0) is 4.79 Å². The van der Waals surface area contributed by atoms with Gasteiger partial charge in [0.25, 0.3) is 0 Å². The molecule has 0 bridgehead atoms. The summed E-state index contributed by atoms with van der Waals surface area (Å²) in [5.41, 5.74) is 8.08. The zero-order chi connectivity index (χ0) is 14.5. The fourth-order valence-corrected chi connectivity index (χ4v) is 2.83. The van der Waals surface area contributed by atoms with E-state index in [1.165, 1.54) is 12.0 Å². The number of rotatable bonds is 4. The molecule has 4 heteroatoms. The number of nitrogens with two attached hydrogens (primary N) is 1. The number of carbonyl (C=O) groups is 1. The van der Waals surface area contributed by atoms with E-state index in [2.05, 4.69) is 10.2 Å². The first kappa shape index (κ1) is 15.0. The maximum Gasteiger partial charge on any atom is 0.238 e. The standard InChI is InChI=1S/C16H25N3O/c1-12-6-8-14(9-7-12)18-16(20)11-19-10-4-3-5-15(19)13(2)17/h6-9,13,15H,3-5,10-11,17H2,1-2H3,(H,18,20). The number of nitrogens with zero attached hydrogens (tertiary/aromatic N) is 1. The predicted molar refractivity (Wildman–Crippen MR) is 82.7 cm³/mol. The molecule has 1 aliphatic rings. The monoisotopic (exact) mass is 275 g/mol. The molecular weight excluding hydrogens is 250 g/mol. The number of hydrogen-bond acceptors (Lipinski definition) is 3. The van der Waals surface area contributed by atoms with E-state index in [0.717, 1.165) is 25.1 Å². The molecule has 0 spiro atoms. The lowest BCUT2D eigenvalue weighted by Gasteiger charge is -2.37. The van der Waals surface area contributed by atoms with Crippen LogP contribution in [0.3, 0.4) is 0 Å². The van der Waals surface area contributed by atoms with Crippen molar-refractivity contribution in [2.75, 3.05) is 18.4 Å². The average Bonchev–Trinajstić information content (AvgIpc) is 2.41. The Morgan fingerprint density at radius 3 is 2.75 bits per heavy atom. The van der Waals surface area contributed by atoms with Crippen LogP contribution in [0.15, 0.2) is 24.3 Å². The SMILES string of the molecule is Cc1ccc(NC(=O)CN2CCCCC2C(C)N)cc1. The van der Waals surface area contributed by atoms with Gasteiger partial charge < -0.3 is 11.1 Å². The average molecular weight is 275 g/mol. The van der Waals surface area contributed by atoms with Crippen molar-refractivity contribution in [1.29, 1.82) is 0 Å². The van der Waals surface area contributed by atoms with E-state index in [1.54, 1.807) is 0 Å². The van der Waals surface area contributed by atoms with Gasteiger partial charge in [-0.3, -0.25) is 9.69 Å². The minimum atomic E-state index is 0.0430. The number of hydrogen-bond donors (Lipinski definition) is 2. The zero-order valence-electron chi connectivity index (χ0n) is 12.4. The summed E-state index contributed by atoms with van der Waals surface area (Å²) in [4.78, 5) is 14.4. The third-order valence-corrected chi connectivity index (χ3v) is 3.95. The van der Waals surface area contributed by atoms with Crippen molar-refractivity contribution in [1.82, 2.24) is 4.90 Å². The number of nitrogens with one attached hydrogen (secondary N) is 1. The fourth-order valence-electron chi connectivity index (χ4n) is 2.83. The topological polar surface area (TPSA) is 58.4 Å². The number of anilines is 1. The van der Waals surface area contributed by atoms with Crippen molar-refractivity contribution in [3.8, 4) is 0 Å². The van der Waals surface area contributed by atoms with Crippen LogP contribution in [0.5, 0.6) is 0 Å². The van der Waals surface area contributed by atoms with Crippen LogP contribution >= 0.6 is 0 Å². The first-order chi connectivity index (χ1) is 9.56. The second kappa shape index (κ2) is 6.86. The number of aryl methyl sites for hydroxylation is 1. The maximum absolute atomic E-state index is 12.1. The molecule has 1 saturated heterocycles. The zero-order valence-corrected chi connectivity index (χ0v) is 12.4. The molecule has 4 nitrogen and oxygen atoms in total. The number of piperidine rings is 1. The Hall–Kier alpha value is -1.39. The largest absolute Gasteiger partial charge is 0.327 e. The van der Waals surface area contributed by atoms with Crippen molar-refractivity contribution in [3.63, 3.8) is 0 Å². The summed E-state index contributed by atoms with van der Waals surface area (Å²) < 4.78 is 0. The van der Waals surface area contributed by atoms with Gasteiger partial charge in [-0.1, -0.05) is 24.1 Å². The molecule has 1 fully saturated rings. The molecule has 0 aromatic heterocycles. The Labute approximate surface area is 121 Å². The van der Waals surface area contributed by atoms with Crippen LogP contribution in [0, 0.1) is 6.92 Å². The molecule has 1 heterocycles. The molecule has 0 radical (unpaired) electrons. The number of likely N-dealkylation sites (tertiary alicyclic amines) is 1. The minimum Gasteiger partial charge on any atom is -0.327 e. The van der Waals surface area contributed by atoms with Gasteiger partial charge in [0.15, 0.2) is 0 Å². The Morgan fingerprint density at radius 1 is 1.40 bits per heavy atom. The van der Waals surface area contributed by atoms with Crippen LogP contribution in [-0.4, -0.2) is 36.0 Å². The molecular formula is C16H25N3O. The van der Waals surface area contributed by atoms with E-state index < -0.39 is 0 Å². The lowest BCUT2D eigenvalue weighted by atomic mass is 9.97. The molecule has 1 aromatic rings. The van der Waals surface area contributed by atoms with Gasteiger partial charge in [0, 0.05) is 17.8 Å². The second-order valence-electron chi connectivity index (χ2n) is 5.81. The highest BCUT2D eigenvalue weighted by Gasteiger charge is 2.26. The molecule has 1 aliphatic heterocycles. The Kier molecular flexibility index (Phi) is 5.15. The van der Waals surface area contributed by atoms with Crippen LogP contribution in [0.25, 0.3) is 0 Å². The van der Waals surface area contributed by atoms with E-state index >= 15 is 0 Å². The third-order valence-electron chi connectivity index (χ3n) is 3.95. The lowest BCUT2D eigenvalue weighted by Crippen LogP contribution is -2.51. The molecule has 110 valence electrons. The van der Waals surface area contributed by atoms with Crippen LogP contribution in [0.4, 0.5) is 5.69 Å². The van der Waals surface area contributed by atoms with Gasteiger partial charge in [0.1, 0.15) is 0 Å². The minimum absolute atomic E-state index is 0.0430. The normalized spacial score (nSPS) is 21.4. The fraction of sp³-hybridized carbons (Fsp3) is 0.562. The highest BCUT2D eigenvalue weighted by Crippen LogP contribution is 2.19. The molecule has 1 amide bonds. The molecule has 20 heavy (non-hydrogen) atoms. The van der Waals surface area contributed by atoms with Crippen molar-refractivity contribution >= 4 is 11.6 Å². The molecule has 2 rings (SSSR count). The summed E-state index contributed by atoms with van der Waals surface area (Å²) in [6.45, 7) is 5.46. The summed E-state index contributed by atoms with van der Waals surface area (Å²) in [5.74, 6) is 0.0430. The Morgan fingerprint density at radius 2 is 2.10 bits per heavy atom. The van der Waals surface area contributed by atoms with Gasteiger partial charge in [-0.15, -0.1) is 0 Å². The smallest absolute Gasteiger partial charge is 0.238 e. The van der Waals surface area contributed by atoms with Crippen molar-refractivity contribution in [2.24, 2.45) is 5.73 Å². The lowest BCUT2D eigenvalue weighted by molar-refractivity contribution is -0.118. The number of amides is 1. The summed E-state index contributed by atoms with van der Waals surface area (Å²) in [5, 5.41) is 2.95. The highest BCUT2D eigenvalue weighted by molar-refractivity contribution is 5.92. The van der Waals surface area contributed by atoms with Gasteiger partial charge in [0.05, 0.1) is 6.54 Å². The predicted octanol–water partition coefficient (Wildman–Crippen LogP) is 2.14. The third kappa shape index (κ3) is 4.05. The summed E-state index contributed by atoms with van der Waals surface area (Å²) in [6, 6.07) is 8.32.